The van der Waals surface area contributed by atoms with Crippen LogP contribution in [0.15, 0.2) is 54.6 Å². The first-order chi connectivity index (χ1) is 13.1. The van der Waals surface area contributed by atoms with E-state index in [-0.39, 0.29) is 23.5 Å². The van der Waals surface area contributed by atoms with Crippen molar-refractivity contribution >= 4 is 17.6 Å². The van der Waals surface area contributed by atoms with Crippen molar-refractivity contribution in [1.82, 2.24) is 0 Å². The number of carbonyl (C=O) groups excluding carboxylic acids is 2. The molecule has 1 heterocycles. The molecule has 138 valence electrons. The fourth-order valence-corrected chi connectivity index (χ4v) is 4.09. The molecule has 5 nitrogen and oxygen atoms in total. The smallest absolute Gasteiger partial charge is 0.338 e. The van der Waals surface area contributed by atoms with Crippen molar-refractivity contribution in [2.75, 3.05) is 11.9 Å². The van der Waals surface area contributed by atoms with Gasteiger partial charge < -0.3 is 20.0 Å². The summed E-state index contributed by atoms with van der Waals surface area (Å²) in [4.78, 5) is 23.1. The molecule has 0 unspecified atom stereocenters. The summed E-state index contributed by atoms with van der Waals surface area (Å²) in [5.74, 6) is -0.959. The SMILES string of the molecule is CCOC(=O)c1ccc2c(c1)[C@H]1C=CC[C@H]1[C@@H](c1ccc(C(=O)[O-])cc1)N2. The topological polar surface area (TPSA) is 78.5 Å². The van der Waals surface area contributed by atoms with Crippen LogP contribution in [0, 0.1) is 5.92 Å². The molecule has 0 aromatic heterocycles. The van der Waals surface area contributed by atoms with E-state index in [0.29, 0.717) is 18.1 Å². The van der Waals surface area contributed by atoms with Crippen LogP contribution in [0.5, 0.6) is 0 Å². The number of hydrogen-bond acceptors (Lipinski definition) is 5. The van der Waals surface area contributed by atoms with Crippen molar-refractivity contribution in [1.29, 1.82) is 0 Å². The highest BCUT2D eigenvalue weighted by Gasteiger charge is 2.38. The van der Waals surface area contributed by atoms with Gasteiger partial charge in [-0.25, -0.2) is 4.79 Å². The molecule has 0 bridgehead atoms. The average Bonchev–Trinajstić information content (AvgIpc) is 3.17. The minimum absolute atomic E-state index is 0.0711. The van der Waals surface area contributed by atoms with E-state index in [1.807, 2.05) is 24.3 Å². The highest BCUT2D eigenvalue weighted by molar-refractivity contribution is 5.90. The molecule has 5 heteroatoms. The van der Waals surface area contributed by atoms with Gasteiger partial charge in [-0.05, 0) is 54.2 Å². The molecule has 2 aliphatic rings. The van der Waals surface area contributed by atoms with Gasteiger partial charge in [0, 0.05) is 11.6 Å². The maximum atomic E-state index is 12.1. The van der Waals surface area contributed by atoms with Crippen molar-refractivity contribution in [3.05, 3.63) is 76.9 Å². The van der Waals surface area contributed by atoms with Gasteiger partial charge in [0.15, 0.2) is 0 Å². The Labute approximate surface area is 157 Å². The van der Waals surface area contributed by atoms with Crippen LogP contribution in [0.25, 0.3) is 0 Å². The number of carbonyl (C=O) groups is 2. The van der Waals surface area contributed by atoms with Gasteiger partial charge in [0.25, 0.3) is 0 Å². The first-order valence-electron chi connectivity index (χ1n) is 9.14. The number of nitrogens with one attached hydrogen (secondary N) is 1. The zero-order valence-corrected chi connectivity index (χ0v) is 15.0. The predicted molar refractivity (Wildman–Crippen MR) is 99.5 cm³/mol. The third-order valence-electron chi connectivity index (χ3n) is 5.38. The number of hydrogen-bond donors (Lipinski definition) is 1. The van der Waals surface area contributed by atoms with E-state index in [1.54, 1.807) is 25.1 Å². The molecule has 2 aromatic carbocycles. The molecule has 0 saturated carbocycles. The lowest BCUT2D eigenvalue weighted by molar-refractivity contribution is -0.255. The van der Waals surface area contributed by atoms with E-state index in [2.05, 4.69) is 17.5 Å². The monoisotopic (exact) mass is 362 g/mol. The molecular weight excluding hydrogens is 342 g/mol. The van der Waals surface area contributed by atoms with Crippen molar-refractivity contribution in [2.24, 2.45) is 5.92 Å². The Morgan fingerprint density at radius 3 is 2.59 bits per heavy atom. The molecular formula is C22H20NO4-. The first-order valence-corrected chi connectivity index (χ1v) is 9.14. The number of esters is 1. The van der Waals surface area contributed by atoms with Gasteiger partial charge in [0.05, 0.1) is 24.2 Å². The quantitative estimate of drug-likeness (QED) is 0.668. The zero-order chi connectivity index (χ0) is 19.0. The highest BCUT2D eigenvalue weighted by Crippen LogP contribution is 2.49. The Bertz CT molecular complexity index is 916. The second-order valence-electron chi connectivity index (χ2n) is 6.91. The number of rotatable bonds is 4. The van der Waals surface area contributed by atoms with Crippen LogP contribution < -0.4 is 10.4 Å². The summed E-state index contributed by atoms with van der Waals surface area (Å²) in [6, 6.07) is 12.6. The number of benzene rings is 2. The number of anilines is 1. The number of carboxylic acids is 1. The second kappa shape index (κ2) is 6.91. The van der Waals surface area contributed by atoms with Crippen LogP contribution in [0.2, 0.25) is 0 Å². The molecule has 1 aliphatic carbocycles. The summed E-state index contributed by atoms with van der Waals surface area (Å²) >= 11 is 0. The lowest BCUT2D eigenvalue weighted by atomic mass is 9.76. The van der Waals surface area contributed by atoms with Gasteiger partial charge in [-0.1, -0.05) is 36.4 Å². The molecule has 2 aromatic rings. The van der Waals surface area contributed by atoms with Crippen LogP contribution >= 0.6 is 0 Å². The summed E-state index contributed by atoms with van der Waals surface area (Å²) in [6.45, 7) is 2.15. The number of aromatic carboxylic acids is 1. The number of fused-ring (bicyclic) bond motifs is 3. The van der Waals surface area contributed by atoms with Crippen molar-refractivity contribution < 1.29 is 19.4 Å². The molecule has 0 saturated heterocycles. The van der Waals surface area contributed by atoms with Crippen LogP contribution in [-0.2, 0) is 4.74 Å². The third kappa shape index (κ3) is 3.10. The molecule has 1 N–H and O–H groups in total. The largest absolute Gasteiger partial charge is 0.545 e. The standard InChI is InChI=1S/C22H21NO4/c1-2-27-22(26)15-10-11-19-18(12-15)16-4-3-5-17(16)20(23-19)13-6-8-14(9-7-13)21(24)25/h3-4,6-12,16-17,20,23H,2,5H2,1H3,(H,24,25)/p-1/t16-,17+,20+/m0/s1. The maximum Gasteiger partial charge on any atom is 0.338 e. The molecule has 4 rings (SSSR count). The molecule has 0 fully saturated rings. The van der Waals surface area contributed by atoms with E-state index in [1.165, 1.54) is 0 Å². The van der Waals surface area contributed by atoms with Gasteiger partial charge >= 0.3 is 5.97 Å². The Kier molecular flexibility index (Phi) is 4.44. The summed E-state index contributed by atoms with van der Waals surface area (Å²) in [6.07, 6.45) is 5.29. The van der Waals surface area contributed by atoms with Crippen LogP contribution in [0.4, 0.5) is 5.69 Å². The van der Waals surface area contributed by atoms with Gasteiger partial charge in [-0.2, -0.15) is 0 Å². The van der Waals surface area contributed by atoms with Crippen molar-refractivity contribution in [2.45, 2.75) is 25.3 Å². The molecule has 27 heavy (non-hydrogen) atoms. The zero-order valence-electron chi connectivity index (χ0n) is 15.0. The summed E-state index contributed by atoms with van der Waals surface area (Å²) < 4.78 is 5.12. The van der Waals surface area contributed by atoms with Gasteiger partial charge in [-0.15, -0.1) is 0 Å². The van der Waals surface area contributed by atoms with Gasteiger partial charge in [0.1, 0.15) is 0 Å². The average molecular weight is 362 g/mol. The lowest BCUT2D eigenvalue weighted by Gasteiger charge is -2.37. The summed E-state index contributed by atoms with van der Waals surface area (Å²) in [5.41, 5.74) is 3.87. The predicted octanol–water partition coefficient (Wildman–Crippen LogP) is 3.05. The van der Waals surface area contributed by atoms with E-state index in [4.69, 9.17) is 4.74 Å². The van der Waals surface area contributed by atoms with Crippen LogP contribution in [0.1, 0.15) is 57.1 Å². The first kappa shape index (κ1) is 17.3. The van der Waals surface area contributed by atoms with E-state index >= 15 is 0 Å². The second-order valence-corrected chi connectivity index (χ2v) is 6.91. The normalized spacial score (nSPS) is 22.5. The molecule has 1 aliphatic heterocycles. The minimum atomic E-state index is -1.17. The van der Waals surface area contributed by atoms with Crippen LogP contribution in [-0.4, -0.2) is 18.5 Å². The molecule has 3 atom stereocenters. The van der Waals surface area contributed by atoms with E-state index < -0.39 is 5.97 Å². The highest BCUT2D eigenvalue weighted by atomic mass is 16.5. The Morgan fingerprint density at radius 1 is 1.15 bits per heavy atom. The third-order valence-corrected chi connectivity index (χ3v) is 5.38. The Hall–Kier alpha value is -3.08. The lowest BCUT2D eigenvalue weighted by Crippen LogP contribution is -2.29. The molecule has 0 amide bonds. The van der Waals surface area contributed by atoms with Crippen molar-refractivity contribution in [3.63, 3.8) is 0 Å². The molecule has 0 radical (unpaired) electrons. The van der Waals surface area contributed by atoms with Gasteiger partial charge in [0.2, 0.25) is 0 Å². The molecule has 0 spiro atoms. The number of carboxylic acid groups (broad SMARTS) is 1. The van der Waals surface area contributed by atoms with Crippen molar-refractivity contribution in [3.8, 4) is 0 Å². The van der Waals surface area contributed by atoms with E-state index in [9.17, 15) is 14.7 Å². The number of allylic oxidation sites excluding steroid dienone is 2. The Morgan fingerprint density at radius 2 is 1.89 bits per heavy atom. The number of ether oxygens (including phenoxy) is 1. The fraction of sp³-hybridized carbons (Fsp3) is 0.273. The maximum absolute atomic E-state index is 12.1. The fourth-order valence-electron chi connectivity index (χ4n) is 4.09. The van der Waals surface area contributed by atoms with Gasteiger partial charge in [-0.3, -0.25) is 0 Å². The summed E-state index contributed by atoms with van der Waals surface area (Å²) in [7, 11) is 0. The minimum Gasteiger partial charge on any atom is -0.545 e. The summed E-state index contributed by atoms with van der Waals surface area (Å²) in [5, 5.41) is 14.6. The van der Waals surface area contributed by atoms with Crippen LogP contribution in [0.3, 0.4) is 0 Å². The Balaban J connectivity index is 1.68. The van der Waals surface area contributed by atoms with E-state index in [0.717, 1.165) is 23.2 Å².